The molecule has 2 aliphatic heterocycles. The molecule has 0 bridgehead atoms. The lowest BCUT2D eigenvalue weighted by molar-refractivity contribution is -0.678. The molecule has 0 fully saturated rings. The van der Waals surface area contributed by atoms with Gasteiger partial charge in [0.15, 0.2) is 11.0 Å². The number of hydrogen-bond acceptors (Lipinski definition) is 2. The van der Waals surface area contributed by atoms with Gasteiger partial charge in [0.1, 0.15) is 5.82 Å². The number of aromatic nitrogens is 2. The average molecular weight is 468 g/mol. The zero-order valence-corrected chi connectivity index (χ0v) is 20.4. The molecule has 32 heavy (non-hydrogen) atoms. The van der Waals surface area contributed by atoms with Crippen LogP contribution in [0.4, 0.5) is 11.4 Å². The van der Waals surface area contributed by atoms with Crippen LogP contribution < -0.4 is 14.4 Å². The highest BCUT2D eigenvalue weighted by molar-refractivity contribution is 6.31. The van der Waals surface area contributed by atoms with E-state index in [9.17, 15) is 0 Å². The van der Waals surface area contributed by atoms with Crippen molar-refractivity contribution >= 4 is 51.2 Å². The molecule has 0 saturated carbocycles. The summed E-state index contributed by atoms with van der Waals surface area (Å²) in [5.74, 6) is 2.51. The minimum absolute atomic E-state index is 0.775. The topological polar surface area (TPSA) is 15.3 Å². The number of nitrogens with zero attached hydrogens (tertiary/aromatic N) is 4. The fourth-order valence-corrected chi connectivity index (χ4v) is 5.59. The number of allylic oxidation sites excluding steroid dienone is 3. The molecule has 2 aromatic carbocycles. The van der Waals surface area contributed by atoms with Crippen LogP contribution in [0.5, 0.6) is 0 Å². The highest BCUT2D eigenvalue weighted by Crippen LogP contribution is 2.43. The Labute approximate surface area is 199 Å². The summed E-state index contributed by atoms with van der Waals surface area (Å²) in [5.41, 5.74) is 6.25. The van der Waals surface area contributed by atoms with Gasteiger partial charge >= 0.3 is 0 Å². The Morgan fingerprint density at radius 1 is 0.875 bits per heavy atom. The third-order valence-corrected chi connectivity index (χ3v) is 7.07. The van der Waals surface area contributed by atoms with Crippen molar-refractivity contribution in [2.45, 2.75) is 46.7 Å². The van der Waals surface area contributed by atoms with Crippen molar-refractivity contribution < 1.29 is 4.57 Å². The maximum atomic E-state index is 6.35. The molecule has 3 heterocycles. The number of benzene rings is 2. The van der Waals surface area contributed by atoms with E-state index in [1.807, 2.05) is 12.1 Å². The molecular weight excluding hydrogens is 439 g/mol. The molecule has 0 spiro atoms. The summed E-state index contributed by atoms with van der Waals surface area (Å²) in [7, 11) is 0. The second-order valence-corrected chi connectivity index (χ2v) is 9.17. The fraction of sp³-hybridized carbons (Fsp3) is 0.346. The highest BCUT2D eigenvalue weighted by atomic mass is 35.5. The third kappa shape index (κ3) is 3.32. The molecule has 6 heteroatoms. The first-order valence-electron chi connectivity index (χ1n) is 11.5. The second kappa shape index (κ2) is 8.49. The zero-order valence-electron chi connectivity index (χ0n) is 18.9. The first-order valence-corrected chi connectivity index (χ1v) is 12.3. The molecule has 0 radical (unpaired) electrons. The molecule has 1 aromatic heterocycles. The first-order chi connectivity index (χ1) is 15.6. The van der Waals surface area contributed by atoms with Crippen LogP contribution in [0, 0.1) is 0 Å². The van der Waals surface area contributed by atoms with Crippen LogP contribution in [0.25, 0.3) is 16.6 Å². The molecule has 0 atom stereocenters. The SMILES string of the molecule is CCN1C(=CC=C2CCC[n+]3c2n(CC)c2cc(Cl)ccc23)N(CC)c2cc(Cl)ccc21. The summed E-state index contributed by atoms with van der Waals surface area (Å²) < 4.78 is 4.87. The van der Waals surface area contributed by atoms with Crippen molar-refractivity contribution in [3.63, 3.8) is 0 Å². The van der Waals surface area contributed by atoms with Crippen LogP contribution in [0.15, 0.2) is 54.4 Å². The molecule has 4 nitrogen and oxygen atoms in total. The summed E-state index contributed by atoms with van der Waals surface area (Å²) >= 11 is 12.7. The van der Waals surface area contributed by atoms with Gasteiger partial charge in [-0.25, -0.2) is 9.13 Å². The lowest BCUT2D eigenvalue weighted by Crippen LogP contribution is -2.40. The minimum atomic E-state index is 0.775. The van der Waals surface area contributed by atoms with E-state index in [4.69, 9.17) is 23.2 Å². The number of fused-ring (bicyclic) bond motifs is 4. The maximum Gasteiger partial charge on any atom is 0.285 e. The van der Waals surface area contributed by atoms with Gasteiger partial charge in [0.05, 0.1) is 24.5 Å². The van der Waals surface area contributed by atoms with Gasteiger partial charge in [0, 0.05) is 34.8 Å². The van der Waals surface area contributed by atoms with Crippen LogP contribution in [-0.4, -0.2) is 17.7 Å². The summed E-state index contributed by atoms with van der Waals surface area (Å²) in [6.07, 6.45) is 6.83. The van der Waals surface area contributed by atoms with Crippen LogP contribution in [0.1, 0.15) is 39.4 Å². The van der Waals surface area contributed by atoms with E-state index in [0.29, 0.717) is 0 Å². The molecule has 0 amide bonds. The minimum Gasteiger partial charge on any atom is -0.326 e. The fourth-order valence-electron chi connectivity index (χ4n) is 5.26. The summed E-state index contributed by atoms with van der Waals surface area (Å²) in [6, 6.07) is 12.4. The van der Waals surface area contributed by atoms with E-state index in [1.54, 1.807) is 0 Å². The number of hydrogen-bond donors (Lipinski definition) is 0. The zero-order chi connectivity index (χ0) is 22.4. The molecule has 0 saturated heterocycles. The van der Waals surface area contributed by atoms with Gasteiger partial charge in [-0.15, -0.1) is 0 Å². The Hall–Kier alpha value is -2.43. The van der Waals surface area contributed by atoms with Crippen molar-refractivity contribution in [3.8, 4) is 0 Å². The first kappa shape index (κ1) is 21.4. The Bertz CT molecular complexity index is 1250. The van der Waals surface area contributed by atoms with E-state index in [0.717, 1.165) is 49.1 Å². The quantitative estimate of drug-likeness (QED) is 0.399. The van der Waals surface area contributed by atoms with E-state index < -0.39 is 0 Å². The van der Waals surface area contributed by atoms with Crippen LogP contribution in [-0.2, 0) is 13.1 Å². The molecule has 3 aromatic rings. The summed E-state index contributed by atoms with van der Waals surface area (Å²) in [5, 5.41) is 1.56. The lowest BCUT2D eigenvalue weighted by atomic mass is 10.0. The standard InChI is InChI=1S/C26H29Cl2N4/c1-4-29-21-12-10-19(27)16-23(21)30(5-2)25(29)14-9-18-8-7-15-32-22-13-11-20(28)17-24(22)31(6-3)26(18)32/h9-14,16-17H,4-8,15H2,1-3H3/q+1. The molecule has 0 unspecified atom stereocenters. The largest absolute Gasteiger partial charge is 0.326 e. The molecular formula is C26H29Cl2N4+. The Morgan fingerprint density at radius 2 is 1.59 bits per heavy atom. The van der Waals surface area contributed by atoms with Gasteiger partial charge in [-0.05, 0) is 76.1 Å². The number of imidazole rings is 1. The van der Waals surface area contributed by atoms with Crippen molar-refractivity contribution in [2.24, 2.45) is 0 Å². The number of halogens is 2. The van der Waals surface area contributed by atoms with Crippen LogP contribution in [0.3, 0.4) is 0 Å². The van der Waals surface area contributed by atoms with Gasteiger partial charge in [-0.2, -0.15) is 0 Å². The summed E-state index contributed by atoms with van der Waals surface area (Å²) in [6.45, 7) is 10.4. The molecule has 166 valence electrons. The molecule has 5 rings (SSSR count). The average Bonchev–Trinajstić information content (AvgIpc) is 3.28. The smallest absolute Gasteiger partial charge is 0.285 e. The van der Waals surface area contributed by atoms with E-state index >= 15 is 0 Å². The number of rotatable bonds is 4. The molecule has 2 aliphatic rings. The predicted molar refractivity (Wildman–Crippen MR) is 136 cm³/mol. The van der Waals surface area contributed by atoms with Crippen LogP contribution in [0.2, 0.25) is 10.0 Å². The van der Waals surface area contributed by atoms with Crippen molar-refractivity contribution in [1.29, 1.82) is 0 Å². The molecule has 0 N–H and O–H groups in total. The van der Waals surface area contributed by atoms with Gasteiger partial charge in [0.25, 0.3) is 5.82 Å². The van der Waals surface area contributed by atoms with E-state index in [1.165, 1.54) is 39.6 Å². The monoisotopic (exact) mass is 467 g/mol. The van der Waals surface area contributed by atoms with Gasteiger partial charge in [0.2, 0.25) is 0 Å². The van der Waals surface area contributed by atoms with Crippen molar-refractivity contribution in [3.05, 3.63) is 70.2 Å². The molecule has 0 aliphatic carbocycles. The normalized spacial score (nSPS) is 18.2. The number of aryl methyl sites for hydroxylation is 2. The number of anilines is 2. The second-order valence-electron chi connectivity index (χ2n) is 8.29. The highest BCUT2D eigenvalue weighted by Gasteiger charge is 2.32. The maximum absolute atomic E-state index is 6.35. The van der Waals surface area contributed by atoms with Crippen molar-refractivity contribution in [2.75, 3.05) is 22.9 Å². The van der Waals surface area contributed by atoms with E-state index in [2.05, 4.69) is 76.1 Å². The summed E-state index contributed by atoms with van der Waals surface area (Å²) in [4.78, 5) is 4.73. The predicted octanol–water partition coefficient (Wildman–Crippen LogP) is 6.64. The van der Waals surface area contributed by atoms with Crippen LogP contribution >= 0.6 is 23.2 Å². The van der Waals surface area contributed by atoms with Gasteiger partial charge in [-0.3, -0.25) is 0 Å². The Kier molecular flexibility index (Phi) is 5.68. The third-order valence-electron chi connectivity index (χ3n) is 6.60. The van der Waals surface area contributed by atoms with Gasteiger partial charge in [-0.1, -0.05) is 23.2 Å². The van der Waals surface area contributed by atoms with Gasteiger partial charge < -0.3 is 9.80 Å². The lowest BCUT2D eigenvalue weighted by Gasteiger charge is -2.23. The van der Waals surface area contributed by atoms with E-state index in [-0.39, 0.29) is 0 Å². The Morgan fingerprint density at radius 3 is 2.34 bits per heavy atom. The van der Waals surface area contributed by atoms with Crippen molar-refractivity contribution in [1.82, 2.24) is 4.57 Å². The Balaban J connectivity index is 1.64.